The van der Waals surface area contributed by atoms with Crippen molar-refractivity contribution in [2.45, 2.75) is 0 Å². The number of rotatable bonds is 5. The van der Waals surface area contributed by atoms with Crippen LogP contribution in [-0.2, 0) is 0 Å². The van der Waals surface area contributed by atoms with Crippen molar-refractivity contribution in [3.8, 4) is 50.2 Å². The number of benzene rings is 11. The van der Waals surface area contributed by atoms with Crippen molar-refractivity contribution >= 4 is 76.1 Å². The molecule has 288 valence electrons. The van der Waals surface area contributed by atoms with Crippen LogP contribution in [0.1, 0.15) is 0 Å². The number of fused-ring (bicyclic) bond motifs is 9. The minimum Gasteiger partial charge on any atom is -0.455 e. The van der Waals surface area contributed by atoms with Gasteiger partial charge in [0, 0.05) is 32.8 Å². The molecule has 0 aliphatic carbocycles. The van der Waals surface area contributed by atoms with Gasteiger partial charge in [-0.15, -0.1) is 0 Å². The maximum Gasteiger partial charge on any atom is 0.143 e. The van der Waals surface area contributed by atoms with E-state index >= 15 is 0 Å². The zero-order valence-corrected chi connectivity index (χ0v) is 33.7. The first-order valence-corrected chi connectivity index (χ1v) is 21.3. The van der Waals surface area contributed by atoms with Crippen molar-refractivity contribution in [1.82, 2.24) is 4.57 Å². The predicted octanol–water partition coefficient (Wildman–Crippen LogP) is 16.8. The summed E-state index contributed by atoms with van der Waals surface area (Å²) in [4.78, 5) is 0. The number of hydrogen-bond donors (Lipinski definition) is 0. The summed E-state index contributed by atoms with van der Waals surface area (Å²) >= 11 is 0. The Morgan fingerprint density at radius 3 is 1.50 bits per heavy atom. The Morgan fingerprint density at radius 2 is 0.774 bits per heavy atom. The Balaban J connectivity index is 1.04. The SMILES string of the molecule is c1ccc(-n2c3ccccc3c3ccc(-c4ccccc4-c4c5ccccc5c(-c5ccc(-c6cccc7c6oc6ccccc67)c6ccccc56)c5ccccc45)cc32)cc1. The molecule has 0 amide bonds. The molecule has 2 nitrogen and oxygen atoms in total. The van der Waals surface area contributed by atoms with E-state index in [1.165, 1.54) is 87.5 Å². The molecule has 0 spiro atoms. The van der Waals surface area contributed by atoms with Crippen LogP contribution in [0.4, 0.5) is 0 Å². The highest BCUT2D eigenvalue weighted by Crippen LogP contribution is 2.49. The van der Waals surface area contributed by atoms with Gasteiger partial charge in [-0.25, -0.2) is 0 Å². The molecule has 0 bridgehead atoms. The van der Waals surface area contributed by atoms with Gasteiger partial charge in [0.05, 0.1) is 11.0 Å². The van der Waals surface area contributed by atoms with Crippen LogP contribution in [-0.4, -0.2) is 4.57 Å². The van der Waals surface area contributed by atoms with Gasteiger partial charge in [-0.3, -0.25) is 0 Å². The van der Waals surface area contributed by atoms with Crippen LogP contribution in [0.3, 0.4) is 0 Å². The molecule has 13 aromatic rings. The summed E-state index contributed by atoms with van der Waals surface area (Å²) < 4.78 is 8.98. The molecular weight excluding hydrogens is 751 g/mol. The van der Waals surface area contributed by atoms with E-state index in [1.54, 1.807) is 0 Å². The van der Waals surface area contributed by atoms with Gasteiger partial charge in [0.2, 0.25) is 0 Å². The Kier molecular flexibility index (Phi) is 7.64. The van der Waals surface area contributed by atoms with Crippen molar-refractivity contribution in [2.24, 2.45) is 0 Å². The van der Waals surface area contributed by atoms with E-state index in [0.717, 1.165) is 38.8 Å². The number of para-hydroxylation sites is 4. The molecular formula is C60H37NO. The summed E-state index contributed by atoms with van der Waals surface area (Å²) in [5, 5.41) is 12.1. The third-order valence-corrected chi connectivity index (χ3v) is 13.0. The Morgan fingerprint density at radius 1 is 0.274 bits per heavy atom. The van der Waals surface area contributed by atoms with E-state index in [2.05, 4.69) is 223 Å². The second-order valence-electron chi connectivity index (χ2n) is 16.3. The molecule has 0 aliphatic heterocycles. The lowest BCUT2D eigenvalue weighted by Gasteiger charge is -2.21. The maximum atomic E-state index is 6.57. The lowest BCUT2D eigenvalue weighted by molar-refractivity contribution is 0.670. The lowest BCUT2D eigenvalue weighted by atomic mass is 9.82. The second-order valence-corrected chi connectivity index (χ2v) is 16.3. The summed E-state index contributed by atoms with van der Waals surface area (Å²) in [7, 11) is 0. The summed E-state index contributed by atoms with van der Waals surface area (Å²) in [6.45, 7) is 0. The average Bonchev–Trinajstić information content (AvgIpc) is 3.89. The van der Waals surface area contributed by atoms with Crippen molar-refractivity contribution in [3.63, 3.8) is 0 Å². The zero-order chi connectivity index (χ0) is 40.7. The van der Waals surface area contributed by atoms with Crippen LogP contribution in [0.2, 0.25) is 0 Å². The fraction of sp³-hybridized carbons (Fsp3) is 0. The Labute approximate surface area is 358 Å². The van der Waals surface area contributed by atoms with Gasteiger partial charge >= 0.3 is 0 Å². The molecule has 0 aliphatic rings. The Bertz CT molecular complexity index is 3870. The van der Waals surface area contributed by atoms with E-state index < -0.39 is 0 Å². The first-order chi connectivity index (χ1) is 30.8. The lowest BCUT2D eigenvalue weighted by Crippen LogP contribution is -1.95. The van der Waals surface area contributed by atoms with Crippen LogP contribution in [0.25, 0.3) is 126 Å². The summed E-state index contributed by atoms with van der Waals surface area (Å²) in [5.41, 5.74) is 15.0. The summed E-state index contributed by atoms with van der Waals surface area (Å²) in [6.07, 6.45) is 0. The van der Waals surface area contributed by atoms with E-state index in [4.69, 9.17) is 4.42 Å². The highest BCUT2D eigenvalue weighted by molar-refractivity contribution is 6.25. The highest BCUT2D eigenvalue weighted by atomic mass is 16.3. The normalized spacial score (nSPS) is 11.9. The molecule has 2 heteroatoms. The molecule has 11 aromatic carbocycles. The van der Waals surface area contributed by atoms with Gasteiger partial charge in [-0.05, 0) is 102 Å². The number of furan rings is 1. The molecule has 2 aromatic heterocycles. The first kappa shape index (κ1) is 34.6. The predicted molar refractivity (Wildman–Crippen MR) is 262 cm³/mol. The fourth-order valence-electron chi connectivity index (χ4n) is 10.4. The van der Waals surface area contributed by atoms with Gasteiger partial charge in [-0.1, -0.05) is 194 Å². The highest BCUT2D eigenvalue weighted by Gasteiger charge is 2.22. The monoisotopic (exact) mass is 787 g/mol. The second kappa shape index (κ2) is 13.7. The third-order valence-electron chi connectivity index (χ3n) is 13.0. The van der Waals surface area contributed by atoms with Gasteiger partial charge in [0.15, 0.2) is 0 Å². The quantitative estimate of drug-likeness (QED) is 0.159. The minimum atomic E-state index is 0.909. The van der Waals surface area contributed by atoms with Crippen LogP contribution in [0.15, 0.2) is 229 Å². The standard InChI is InChI=1S/C60H37NO/c1-2-17-39(18-3-1)61-55-31-14-12-22-44(55)45-34-33-38(37-56(45)61)40-19-4-7-24-47(40)58-48-25-8-10-27-50(48)59(51-28-11-9-26-49(51)58)52-36-35-43(41-20-5-6-21-42(41)52)53-29-16-30-54-46-23-13-15-32-57(46)62-60(53)54/h1-37H. The van der Waals surface area contributed by atoms with Crippen molar-refractivity contribution in [2.75, 3.05) is 0 Å². The van der Waals surface area contributed by atoms with Crippen LogP contribution in [0.5, 0.6) is 0 Å². The topological polar surface area (TPSA) is 18.1 Å². The first-order valence-electron chi connectivity index (χ1n) is 21.3. The van der Waals surface area contributed by atoms with Gasteiger partial charge in [0.25, 0.3) is 0 Å². The molecule has 13 rings (SSSR count). The fourth-order valence-corrected chi connectivity index (χ4v) is 10.4. The van der Waals surface area contributed by atoms with Crippen LogP contribution < -0.4 is 0 Å². The Hall–Kier alpha value is -8.20. The number of hydrogen-bond acceptors (Lipinski definition) is 1. The molecule has 0 fully saturated rings. The zero-order valence-electron chi connectivity index (χ0n) is 33.7. The largest absolute Gasteiger partial charge is 0.455 e. The van der Waals surface area contributed by atoms with Crippen molar-refractivity contribution < 1.29 is 4.42 Å². The van der Waals surface area contributed by atoms with Crippen LogP contribution >= 0.6 is 0 Å². The molecule has 0 unspecified atom stereocenters. The third kappa shape index (κ3) is 5.11. The van der Waals surface area contributed by atoms with E-state index in [9.17, 15) is 0 Å². The summed E-state index contributed by atoms with van der Waals surface area (Å²) in [6, 6.07) is 81.8. The molecule has 0 saturated heterocycles. The van der Waals surface area contributed by atoms with Gasteiger partial charge in [0.1, 0.15) is 11.2 Å². The van der Waals surface area contributed by atoms with Gasteiger partial charge < -0.3 is 8.98 Å². The minimum absolute atomic E-state index is 0.909. The van der Waals surface area contributed by atoms with Crippen molar-refractivity contribution in [1.29, 1.82) is 0 Å². The van der Waals surface area contributed by atoms with E-state index in [0.29, 0.717) is 0 Å². The average molecular weight is 788 g/mol. The molecule has 0 N–H and O–H groups in total. The number of aromatic nitrogens is 1. The van der Waals surface area contributed by atoms with Crippen molar-refractivity contribution in [3.05, 3.63) is 224 Å². The smallest absolute Gasteiger partial charge is 0.143 e. The molecule has 2 heterocycles. The number of nitrogens with zero attached hydrogens (tertiary/aromatic N) is 1. The van der Waals surface area contributed by atoms with Gasteiger partial charge in [-0.2, -0.15) is 0 Å². The summed E-state index contributed by atoms with van der Waals surface area (Å²) in [5.74, 6) is 0. The van der Waals surface area contributed by atoms with E-state index in [1.807, 2.05) is 6.07 Å². The molecule has 0 atom stereocenters. The van der Waals surface area contributed by atoms with Crippen LogP contribution in [0, 0.1) is 0 Å². The molecule has 0 radical (unpaired) electrons. The van der Waals surface area contributed by atoms with E-state index in [-0.39, 0.29) is 0 Å². The maximum absolute atomic E-state index is 6.57. The molecule has 0 saturated carbocycles. The molecule has 62 heavy (non-hydrogen) atoms.